The Hall–Kier alpha value is -3.12. The maximum atomic E-state index is 13.2. The van der Waals surface area contributed by atoms with Crippen molar-refractivity contribution in [3.63, 3.8) is 0 Å². The first-order valence-corrected chi connectivity index (χ1v) is 12.7. The number of thioether (sulfide) groups is 1. The molecule has 0 saturated carbocycles. The fraction of sp³-hybridized carbons (Fsp3) is 0.522. The van der Waals surface area contributed by atoms with Crippen LogP contribution in [0.25, 0.3) is 0 Å². The van der Waals surface area contributed by atoms with Crippen LogP contribution in [0.1, 0.15) is 31.2 Å². The molecule has 1 aromatic rings. The van der Waals surface area contributed by atoms with Crippen LogP contribution >= 0.6 is 11.8 Å². The third-order valence-electron chi connectivity index (χ3n) is 5.70. The van der Waals surface area contributed by atoms with E-state index in [2.05, 4.69) is 10.6 Å². The molecule has 0 spiro atoms. The molecular formula is C23H32N4O7S. The number of carboxylic acids is 2. The van der Waals surface area contributed by atoms with Crippen LogP contribution in [-0.2, 0) is 30.4 Å². The lowest BCUT2D eigenvalue weighted by Crippen LogP contribution is -2.58. The van der Waals surface area contributed by atoms with E-state index in [1.165, 1.54) is 11.8 Å². The molecule has 11 nitrogen and oxygen atoms in total. The van der Waals surface area contributed by atoms with Crippen molar-refractivity contribution in [1.29, 1.82) is 0 Å². The number of rotatable bonds is 13. The lowest BCUT2D eigenvalue weighted by molar-refractivity contribution is -0.150. The lowest BCUT2D eigenvalue weighted by Gasteiger charge is -2.28. The number of carboxylic acid groups (broad SMARTS) is 2. The highest BCUT2D eigenvalue weighted by molar-refractivity contribution is 7.98. The maximum absolute atomic E-state index is 13.2. The largest absolute Gasteiger partial charge is 0.481 e. The summed E-state index contributed by atoms with van der Waals surface area (Å²) in [6.07, 6.45) is 2.34. The van der Waals surface area contributed by atoms with Gasteiger partial charge in [-0.25, -0.2) is 4.79 Å². The van der Waals surface area contributed by atoms with E-state index in [-0.39, 0.29) is 19.4 Å². The van der Waals surface area contributed by atoms with Gasteiger partial charge in [0, 0.05) is 13.0 Å². The minimum Gasteiger partial charge on any atom is -0.481 e. The molecule has 0 radical (unpaired) electrons. The number of carbonyl (C=O) groups excluding carboxylic acids is 3. The van der Waals surface area contributed by atoms with Gasteiger partial charge in [0.25, 0.3) is 0 Å². The second kappa shape index (κ2) is 13.7. The Bertz CT molecular complexity index is 914. The number of aliphatic carboxylic acids is 2. The van der Waals surface area contributed by atoms with E-state index < -0.39 is 60.2 Å². The molecule has 3 amide bonds. The van der Waals surface area contributed by atoms with Crippen molar-refractivity contribution in [2.24, 2.45) is 5.73 Å². The van der Waals surface area contributed by atoms with E-state index in [0.29, 0.717) is 18.6 Å². The van der Waals surface area contributed by atoms with Gasteiger partial charge in [0.1, 0.15) is 18.1 Å². The molecule has 2 rings (SSSR count). The lowest BCUT2D eigenvalue weighted by atomic mass is 10.0. The molecule has 35 heavy (non-hydrogen) atoms. The Morgan fingerprint density at radius 1 is 1.09 bits per heavy atom. The topological polar surface area (TPSA) is 179 Å². The predicted molar refractivity (Wildman–Crippen MR) is 130 cm³/mol. The van der Waals surface area contributed by atoms with E-state index in [9.17, 15) is 34.2 Å². The average Bonchev–Trinajstić information content (AvgIpc) is 3.31. The molecule has 4 atom stereocenters. The van der Waals surface area contributed by atoms with Crippen LogP contribution in [-0.4, -0.2) is 87.5 Å². The number of benzene rings is 1. The summed E-state index contributed by atoms with van der Waals surface area (Å²) in [5.41, 5.74) is 6.67. The first kappa shape index (κ1) is 28.1. The third-order valence-corrected chi connectivity index (χ3v) is 6.34. The summed E-state index contributed by atoms with van der Waals surface area (Å²) in [5, 5.41) is 23.7. The Balaban J connectivity index is 2.22. The van der Waals surface area contributed by atoms with Gasteiger partial charge in [-0.1, -0.05) is 30.3 Å². The molecule has 12 heteroatoms. The van der Waals surface area contributed by atoms with Gasteiger partial charge in [-0.3, -0.25) is 19.2 Å². The van der Waals surface area contributed by atoms with Gasteiger partial charge in [0.15, 0.2) is 0 Å². The number of likely N-dealkylation sites (tertiary alicyclic amines) is 1. The maximum Gasteiger partial charge on any atom is 0.326 e. The Morgan fingerprint density at radius 3 is 2.34 bits per heavy atom. The molecule has 1 aliphatic heterocycles. The summed E-state index contributed by atoms with van der Waals surface area (Å²) in [4.78, 5) is 62.9. The highest BCUT2D eigenvalue weighted by atomic mass is 32.2. The predicted octanol–water partition coefficient (Wildman–Crippen LogP) is -0.171. The summed E-state index contributed by atoms with van der Waals surface area (Å²) in [6.45, 7) is 0.149. The van der Waals surface area contributed by atoms with E-state index >= 15 is 0 Å². The normalized spacial score (nSPS) is 17.8. The van der Waals surface area contributed by atoms with Crippen molar-refractivity contribution in [3.8, 4) is 0 Å². The monoisotopic (exact) mass is 508 g/mol. The Morgan fingerprint density at radius 2 is 1.74 bits per heavy atom. The standard InChI is InChI=1S/C23H32N4O7S/c1-35-11-9-15(24)20(30)25-16(12-14-6-3-2-4-7-14)21(31)26-17(13-19(28)29)22(32)27-10-5-8-18(27)23(33)34/h2-4,6-7,15-18H,5,8-13,24H2,1H3,(H,25,30)(H,26,31)(H,28,29)(H,33,34). The number of nitrogens with zero attached hydrogens (tertiary/aromatic N) is 1. The van der Waals surface area contributed by atoms with Gasteiger partial charge >= 0.3 is 11.9 Å². The van der Waals surface area contributed by atoms with Gasteiger partial charge in [0.2, 0.25) is 17.7 Å². The molecular weight excluding hydrogens is 476 g/mol. The molecule has 192 valence electrons. The van der Waals surface area contributed by atoms with Crippen LogP contribution in [0.5, 0.6) is 0 Å². The van der Waals surface area contributed by atoms with Crippen molar-refractivity contribution >= 4 is 41.4 Å². The van der Waals surface area contributed by atoms with Crippen molar-refractivity contribution in [2.45, 2.75) is 56.3 Å². The molecule has 1 saturated heterocycles. The van der Waals surface area contributed by atoms with Crippen molar-refractivity contribution in [1.82, 2.24) is 15.5 Å². The molecule has 1 aliphatic rings. The highest BCUT2D eigenvalue weighted by Crippen LogP contribution is 2.19. The van der Waals surface area contributed by atoms with E-state index in [1.807, 2.05) is 6.26 Å². The van der Waals surface area contributed by atoms with Gasteiger partial charge in [-0.05, 0) is 36.8 Å². The van der Waals surface area contributed by atoms with Crippen LogP contribution in [0, 0.1) is 0 Å². The van der Waals surface area contributed by atoms with Crippen LogP contribution < -0.4 is 16.4 Å². The number of hydrogen-bond acceptors (Lipinski definition) is 7. The quantitative estimate of drug-likeness (QED) is 0.242. The summed E-state index contributed by atoms with van der Waals surface area (Å²) in [5.74, 6) is -3.96. The zero-order valence-electron chi connectivity index (χ0n) is 19.5. The van der Waals surface area contributed by atoms with Crippen LogP contribution in [0.4, 0.5) is 0 Å². The summed E-state index contributed by atoms with van der Waals surface area (Å²) < 4.78 is 0. The van der Waals surface area contributed by atoms with Crippen LogP contribution in [0.2, 0.25) is 0 Å². The Labute approximate surface area is 207 Å². The number of nitrogens with two attached hydrogens (primary N) is 1. The summed E-state index contributed by atoms with van der Waals surface area (Å²) in [7, 11) is 0. The molecule has 0 aromatic heterocycles. The van der Waals surface area contributed by atoms with Crippen LogP contribution in [0.15, 0.2) is 30.3 Å². The van der Waals surface area contributed by atoms with Gasteiger partial charge in [0.05, 0.1) is 12.5 Å². The van der Waals surface area contributed by atoms with Crippen molar-refractivity contribution in [2.75, 3.05) is 18.6 Å². The first-order chi connectivity index (χ1) is 16.6. The zero-order chi connectivity index (χ0) is 26.0. The molecule has 1 heterocycles. The second-order valence-corrected chi connectivity index (χ2v) is 9.31. The van der Waals surface area contributed by atoms with Crippen molar-refractivity contribution < 1.29 is 34.2 Å². The van der Waals surface area contributed by atoms with E-state index in [4.69, 9.17) is 5.73 Å². The fourth-order valence-electron chi connectivity index (χ4n) is 3.85. The van der Waals surface area contributed by atoms with Gasteiger partial charge < -0.3 is 31.5 Å². The van der Waals surface area contributed by atoms with E-state index in [0.717, 1.165) is 10.5 Å². The molecule has 0 bridgehead atoms. The smallest absolute Gasteiger partial charge is 0.326 e. The zero-order valence-corrected chi connectivity index (χ0v) is 20.3. The Kier molecular flexibility index (Phi) is 11.0. The van der Waals surface area contributed by atoms with E-state index in [1.54, 1.807) is 30.3 Å². The van der Waals surface area contributed by atoms with Crippen molar-refractivity contribution in [3.05, 3.63) is 35.9 Å². The summed E-state index contributed by atoms with van der Waals surface area (Å²) >= 11 is 1.53. The molecule has 6 N–H and O–H groups in total. The fourth-order valence-corrected chi connectivity index (χ4v) is 4.34. The third kappa shape index (κ3) is 8.55. The molecule has 1 fully saturated rings. The SMILES string of the molecule is CSCCC(N)C(=O)NC(Cc1ccccc1)C(=O)NC(CC(=O)O)C(=O)N1CCCC1C(=O)O. The average molecular weight is 509 g/mol. The number of hydrogen-bond donors (Lipinski definition) is 5. The molecule has 0 aliphatic carbocycles. The molecule has 1 aromatic carbocycles. The minimum absolute atomic E-state index is 0.0864. The summed E-state index contributed by atoms with van der Waals surface area (Å²) in [6, 6.07) is 4.34. The second-order valence-electron chi connectivity index (χ2n) is 8.33. The number of amides is 3. The van der Waals surface area contributed by atoms with Crippen LogP contribution in [0.3, 0.4) is 0 Å². The first-order valence-electron chi connectivity index (χ1n) is 11.3. The highest BCUT2D eigenvalue weighted by Gasteiger charge is 2.39. The van der Waals surface area contributed by atoms with Gasteiger partial charge in [-0.2, -0.15) is 11.8 Å². The number of nitrogens with one attached hydrogen (secondary N) is 2. The number of carbonyl (C=O) groups is 5. The minimum atomic E-state index is -1.49. The molecule has 4 unspecified atom stereocenters. The van der Waals surface area contributed by atoms with Gasteiger partial charge in [-0.15, -0.1) is 0 Å².